The number of ether oxygens (including phenoxy) is 1. The molecular formula is C26H29N3O5S. The number of carbonyl (C=O) groups is 2. The molecule has 0 atom stereocenters. The highest BCUT2D eigenvalue weighted by atomic mass is 32.2. The summed E-state index contributed by atoms with van der Waals surface area (Å²) in [6.07, 6.45) is 0. The van der Waals surface area contributed by atoms with Crippen LogP contribution < -0.4 is 15.4 Å². The minimum atomic E-state index is -3.95. The number of rotatable bonds is 9. The first-order chi connectivity index (χ1) is 16.6. The first-order valence-electron chi connectivity index (χ1n) is 11.0. The van der Waals surface area contributed by atoms with Gasteiger partial charge in [0.25, 0.3) is 21.8 Å². The highest BCUT2D eigenvalue weighted by molar-refractivity contribution is 7.92. The normalized spacial score (nSPS) is 11.1. The predicted octanol–water partition coefficient (Wildman–Crippen LogP) is 4.04. The van der Waals surface area contributed by atoms with Crippen LogP contribution >= 0.6 is 0 Å². The number of amides is 2. The Morgan fingerprint density at radius 3 is 2.31 bits per heavy atom. The van der Waals surface area contributed by atoms with E-state index in [1.54, 1.807) is 49.4 Å². The minimum absolute atomic E-state index is 0.00310. The van der Waals surface area contributed by atoms with Gasteiger partial charge in [-0.05, 0) is 67.8 Å². The first kappa shape index (κ1) is 25.9. The Labute approximate surface area is 205 Å². The van der Waals surface area contributed by atoms with Crippen molar-refractivity contribution in [2.24, 2.45) is 0 Å². The number of methoxy groups -OCH3 is 1. The van der Waals surface area contributed by atoms with E-state index in [2.05, 4.69) is 15.4 Å². The molecule has 0 saturated heterocycles. The Morgan fingerprint density at radius 2 is 1.57 bits per heavy atom. The average molecular weight is 496 g/mol. The molecule has 9 heteroatoms. The highest BCUT2D eigenvalue weighted by Crippen LogP contribution is 2.24. The quantitative estimate of drug-likeness (QED) is 0.388. The van der Waals surface area contributed by atoms with Crippen LogP contribution in [0.25, 0.3) is 0 Å². The van der Waals surface area contributed by atoms with Gasteiger partial charge in [-0.15, -0.1) is 0 Å². The second-order valence-corrected chi connectivity index (χ2v) is 9.80. The van der Waals surface area contributed by atoms with E-state index in [1.165, 1.54) is 13.2 Å². The summed E-state index contributed by atoms with van der Waals surface area (Å²) in [5, 5.41) is 5.43. The van der Waals surface area contributed by atoms with Crippen LogP contribution in [0.5, 0.6) is 0 Å². The van der Waals surface area contributed by atoms with Crippen LogP contribution in [-0.2, 0) is 14.8 Å². The molecule has 8 nitrogen and oxygen atoms in total. The van der Waals surface area contributed by atoms with Gasteiger partial charge in [0.15, 0.2) is 0 Å². The molecule has 0 fully saturated rings. The lowest BCUT2D eigenvalue weighted by atomic mass is 10.1. The Kier molecular flexibility index (Phi) is 8.26. The van der Waals surface area contributed by atoms with Crippen molar-refractivity contribution in [2.45, 2.75) is 25.7 Å². The maximum Gasteiger partial charge on any atom is 0.262 e. The molecule has 35 heavy (non-hydrogen) atoms. The molecule has 0 spiro atoms. The number of hydrogen-bond acceptors (Lipinski definition) is 5. The number of anilines is 2. The average Bonchev–Trinajstić information content (AvgIpc) is 2.81. The van der Waals surface area contributed by atoms with Crippen molar-refractivity contribution in [1.29, 1.82) is 0 Å². The van der Waals surface area contributed by atoms with Crippen LogP contribution in [0.3, 0.4) is 0 Å². The molecule has 2 amide bonds. The van der Waals surface area contributed by atoms with E-state index >= 15 is 0 Å². The first-order valence-corrected chi connectivity index (χ1v) is 12.5. The van der Waals surface area contributed by atoms with E-state index in [0.717, 1.165) is 11.1 Å². The standard InChI is InChI=1S/C26H29N3O5S/c1-17-9-10-18(2)23(15-17)29-35(32,33)24-16-20(12-11-19(24)3)25(30)28-22-8-6-5-7-21(22)26(31)27-13-14-34-4/h5-12,15-16,29H,13-14H2,1-4H3,(H,27,31)(H,28,30). The molecule has 0 saturated carbocycles. The van der Waals surface area contributed by atoms with Gasteiger partial charge in [0, 0.05) is 19.2 Å². The Bertz CT molecular complexity index is 1350. The number of hydrogen-bond donors (Lipinski definition) is 3. The minimum Gasteiger partial charge on any atom is -0.383 e. The van der Waals surface area contributed by atoms with Crippen molar-refractivity contribution >= 4 is 33.2 Å². The van der Waals surface area contributed by atoms with Crippen LogP contribution in [0, 0.1) is 20.8 Å². The van der Waals surface area contributed by atoms with Gasteiger partial charge < -0.3 is 15.4 Å². The van der Waals surface area contributed by atoms with Gasteiger partial charge in [-0.2, -0.15) is 0 Å². The number of sulfonamides is 1. The number of nitrogens with one attached hydrogen (secondary N) is 3. The fourth-order valence-electron chi connectivity index (χ4n) is 3.42. The van der Waals surface area contributed by atoms with E-state index in [0.29, 0.717) is 30.1 Å². The number of aryl methyl sites for hydroxylation is 3. The summed E-state index contributed by atoms with van der Waals surface area (Å²) in [4.78, 5) is 25.5. The zero-order chi connectivity index (χ0) is 25.6. The monoisotopic (exact) mass is 495 g/mol. The van der Waals surface area contributed by atoms with Crippen molar-refractivity contribution in [3.63, 3.8) is 0 Å². The summed E-state index contributed by atoms with van der Waals surface area (Å²) in [6, 6.07) is 16.5. The molecule has 3 rings (SSSR count). The van der Waals surface area contributed by atoms with Gasteiger partial charge in [0.2, 0.25) is 0 Å². The topological polar surface area (TPSA) is 114 Å². The van der Waals surface area contributed by atoms with Crippen molar-refractivity contribution in [3.8, 4) is 0 Å². The third-order valence-electron chi connectivity index (χ3n) is 5.39. The van der Waals surface area contributed by atoms with Crippen LogP contribution in [0.15, 0.2) is 65.6 Å². The number of carbonyl (C=O) groups excluding carboxylic acids is 2. The fourth-order valence-corrected chi connectivity index (χ4v) is 4.82. The molecule has 0 unspecified atom stereocenters. The molecule has 0 aliphatic carbocycles. The highest BCUT2D eigenvalue weighted by Gasteiger charge is 2.21. The molecular weight excluding hydrogens is 466 g/mol. The second-order valence-electron chi connectivity index (χ2n) is 8.15. The lowest BCUT2D eigenvalue weighted by Gasteiger charge is -2.15. The largest absolute Gasteiger partial charge is 0.383 e. The third kappa shape index (κ3) is 6.46. The van der Waals surface area contributed by atoms with E-state index in [4.69, 9.17) is 4.74 Å². The third-order valence-corrected chi connectivity index (χ3v) is 6.90. The lowest BCUT2D eigenvalue weighted by molar-refractivity contribution is 0.0938. The Balaban J connectivity index is 1.86. The summed E-state index contributed by atoms with van der Waals surface area (Å²) in [5.41, 5.74) is 3.42. The number of benzene rings is 3. The molecule has 3 N–H and O–H groups in total. The van der Waals surface area contributed by atoms with E-state index in [1.807, 2.05) is 26.0 Å². The van der Waals surface area contributed by atoms with Crippen LogP contribution in [0.2, 0.25) is 0 Å². The van der Waals surface area contributed by atoms with Crippen molar-refractivity contribution in [1.82, 2.24) is 5.32 Å². The summed E-state index contributed by atoms with van der Waals surface area (Å²) in [7, 11) is -2.42. The van der Waals surface area contributed by atoms with Crippen molar-refractivity contribution in [3.05, 3.63) is 88.5 Å². The SMILES string of the molecule is COCCNC(=O)c1ccccc1NC(=O)c1ccc(C)c(S(=O)(=O)Nc2cc(C)ccc2C)c1. The summed E-state index contributed by atoms with van der Waals surface area (Å²) >= 11 is 0. The summed E-state index contributed by atoms with van der Waals surface area (Å²) < 4.78 is 33.9. The smallest absolute Gasteiger partial charge is 0.262 e. The van der Waals surface area contributed by atoms with Gasteiger partial charge in [-0.25, -0.2) is 8.42 Å². The Morgan fingerprint density at radius 1 is 0.857 bits per heavy atom. The van der Waals surface area contributed by atoms with E-state index in [-0.39, 0.29) is 21.9 Å². The molecule has 0 heterocycles. The van der Waals surface area contributed by atoms with E-state index in [9.17, 15) is 18.0 Å². The van der Waals surface area contributed by atoms with Crippen molar-refractivity contribution in [2.75, 3.05) is 30.3 Å². The zero-order valence-corrected chi connectivity index (χ0v) is 21.0. The molecule has 0 aliphatic rings. The molecule has 3 aromatic carbocycles. The van der Waals surface area contributed by atoms with Gasteiger partial charge in [-0.1, -0.05) is 30.3 Å². The maximum absolute atomic E-state index is 13.2. The number of para-hydroxylation sites is 1. The van der Waals surface area contributed by atoms with Crippen molar-refractivity contribution < 1.29 is 22.7 Å². The summed E-state index contributed by atoms with van der Waals surface area (Å²) in [5.74, 6) is -0.895. The predicted molar refractivity (Wildman–Crippen MR) is 137 cm³/mol. The lowest BCUT2D eigenvalue weighted by Crippen LogP contribution is -2.28. The molecule has 0 radical (unpaired) electrons. The van der Waals surface area contributed by atoms with Gasteiger partial charge in [0.05, 0.1) is 28.4 Å². The van der Waals surface area contributed by atoms with Crippen LogP contribution in [0.1, 0.15) is 37.4 Å². The molecule has 0 aliphatic heterocycles. The fraction of sp³-hybridized carbons (Fsp3) is 0.231. The van der Waals surface area contributed by atoms with Crippen LogP contribution in [0.4, 0.5) is 11.4 Å². The summed E-state index contributed by atoms with van der Waals surface area (Å²) in [6.45, 7) is 6.04. The van der Waals surface area contributed by atoms with Crippen LogP contribution in [-0.4, -0.2) is 40.5 Å². The molecule has 0 bridgehead atoms. The Hall–Kier alpha value is -3.69. The zero-order valence-electron chi connectivity index (χ0n) is 20.1. The van der Waals surface area contributed by atoms with Gasteiger partial charge in [0.1, 0.15) is 0 Å². The van der Waals surface area contributed by atoms with Gasteiger partial charge in [-0.3, -0.25) is 14.3 Å². The van der Waals surface area contributed by atoms with E-state index < -0.39 is 15.9 Å². The second kappa shape index (κ2) is 11.2. The molecule has 3 aromatic rings. The molecule has 0 aromatic heterocycles. The van der Waals surface area contributed by atoms with Gasteiger partial charge >= 0.3 is 0 Å². The molecule has 184 valence electrons. The maximum atomic E-state index is 13.2.